The molecule has 7 heteroatoms. The van der Waals surface area contributed by atoms with Gasteiger partial charge in [0.15, 0.2) is 0 Å². The van der Waals surface area contributed by atoms with Crippen molar-refractivity contribution in [2.24, 2.45) is 5.14 Å². The molecule has 21 heavy (non-hydrogen) atoms. The minimum Gasteiger partial charge on any atom is -0.397 e. The molecular formula is C14H22N4O2S. The summed E-state index contributed by atoms with van der Waals surface area (Å²) in [7, 11) is -3.70. The third-order valence-electron chi connectivity index (χ3n) is 4.47. The van der Waals surface area contributed by atoms with Gasteiger partial charge in [-0.3, -0.25) is 4.90 Å². The van der Waals surface area contributed by atoms with E-state index in [0.29, 0.717) is 11.7 Å². The van der Waals surface area contributed by atoms with E-state index in [2.05, 4.69) is 9.80 Å². The van der Waals surface area contributed by atoms with Gasteiger partial charge in [-0.25, -0.2) is 13.6 Å². The number of sulfonamides is 1. The Bertz CT molecular complexity index is 632. The van der Waals surface area contributed by atoms with Crippen LogP contribution in [-0.4, -0.2) is 45.5 Å². The number of primary sulfonamides is 1. The van der Waals surface area contributed by atoms with E-state index in [1.165, 1.54) is 25.5 Å². The fourth-order valence-electron chi connectivity index (χ4n) is 3.42. The Morgan fingerprint density at radius 1 is 1.14 bits per heavy atom. The van der Waals surface area contributed by atoms with Crippen molar-refractivity contribution in [2.45, 2.75) is 30.2 Å². The summed E-state index contributed by atoms with van der Waals surface area (Å²) in [5.74, 6) is 0. The molecule has 116 valence electrons. The Kier molecular flexibility index (Phi) is 3.81. The van der Waals surface area contributed by atoms with E-state index in [0.717, 1.165) is 31.7 Å². The highest BCUT2D eigenvalue weighted by Crippen LogP contribution is 2.30. The average molecular weight is 310 g/mol. The van der Waals surface area contributed by atoms with Crippen LogP contribution in [0.1, 0.15) is 19.3 Å². The molecule has 2 saturated heterocycles. The molecule has 0 radical (unpaired) electrons. The van der Waals surface area contributed by atoms with Crippen molar-refractivity contribution in [3.8, 4) is 0 Å². The lowest BCUT2D eigenvalue weighted by Crippen LogP contribution is -2.36. The predicted molar refractivity (Wildman–Crippen MR) is 83.7 cm³/mol. The molecule has 0 spiro atoms. The summed E-state index contributed by atoms with van der Waals surface area (Å²) in [5, 5.41) is 5.15. The monoisotopic (exact) mass is 310 g/mol. The number of fused-ring (bicyclic) bond motifs is 1. The fourth-order valence-corrected chi connectivity index (χ4v) is 3.97. The Labute approximate surface area is 125 Å². The van der Waals surface area contributed by atoms with Gasteiger partial charge in [0, 0.05) is 25.7 Å². The van der Waals surface area contributed by atoms with Gasteiger partial charge >= 0.3 is 0 Å². The van der Waals surface area contributed by atoms with Crippen LogP contribution in [0.2, 0.25) is 0 Å². The van der Waals surface area contributed by atoms with Gasteiger partial charge in [0.1, 0.15) is 0 Å². The first-order valence-electron chi connectivity index (χ1n) is 7.36. The van der Waals surface area contributed by atoms with E-state index < -0.39 is 10.0 Å². The van der Waals surface area contributed by atoms with Gasteiger partial charge in [-0.2, -0.15) is 0 Å². The fraction of sp³-hybridized carbons (Fsp3) is 0.571. The molecule has 6 nitrogen and oxygen atoms in total. The van der Waals surface area contributed by atoms with E-state index in [9.17, 15) is 8.42 Å². The van der Waals surface area contributed by atoms with Gasteiger partial charge < -0.3 is 10.6 Å². The van der Waals surface area contributed by atoms with Crippen molar-refractivity contribution in [1.29, 1.82) is 0 Å². The molecule has 3 rings (SSSR count). The molecule has 0 aliphatic carbocycles. The van der Waals surface area contributed by atoms with Crippen molar-refractivity contribution in [3.63, 3.8) is 0 Å². The van der Waals surface area contributed by atoms with Crippen LogP contribution < -0.4 is 15.8 Å². The van der Waals surface area contributed by atoms with E-state index >= 15 is 0 Å². The first-order chi connectivity index (χ1) is 9.95. The molecule has 2 aliphatic rings. The normalized spacial score (nSPS) is 23.9. The standard InChI is InChI=1S/C14H22N4O2S/c15-13-9-12(21(16,19)20)4-5-14(13)18-8-2-7-17-6-1-3-11(17)10-18/h4-5,9,11H,1-3,6-8,10,15H2,(H2,16,19,20). The first-order valence-corrected chi connectivity index (χ1v) is 8.91. The zero-order valence-electron chi connectivity index (χ0n) is 12.0. The largest absolute Gasteiger partial charge is 0.397 e. The van der Waals surface area contributed by atoms with Gasteiger partial charge in [0.2, 0.25) is 10.0 Å². The quantitative estimate of drug-likeness (QED) is 0.780. The van der Waals surface area contributed by atoms with Crippen LogP contribution in [-0.2, 0) is 10.0 Å². The zero-order valence-corrected chi connectivity index (χ0v) is 12.8. The van der Waals surface area contributed by atoms with Crippen LogP contribution in [0, 0.1) is 0 Å². The second-order valence-electron chi connectivity index (χ2n) is 5.90. The number of nitrogen functional groups attached to an aromatic ring is 1. The van der Waals surface area contributed by atoms with Gasteiger partial charge in [-0.05, 0) is 44.0 Å². The number of nitrogens with two attached hydrogens (primary N) is 2. The predicted octanol–water partition coefficient (Wildman–Crippen LogP) is 0.591. The number of anilines is 2. The maximum atomic E-state index is 11.4. The molecule has 0 bridgehead atoms. The summed E-state index contributed by atoms with van der Waals surface area (Å²) in [4.78, 5) is 4.90. The first kappa shape index (κ1) is 14.6. The summed E-state index contributed by atoms with van der Waals surface area (Å²) < 4.78 is 22.8. The number of rotatable bonds is 2. The highest BCUT2D eigenvalue weighted by atomic mass is 32.2. The van der Waals surface area contributed by atoms with Crippen LogP contribution >= 0.6 is 0 Å². The molecule has 0 amide bonds. The summed E-state index contributed by atoms with van der Waals surface area (Å²) in [6.45, 7) is 4.24. The second-order valence-corrected chi connectivity index (χ2v) is 7.46. The maximum absolute atomic E-state index is 11.4. The number of hydrogen-bond acceptors (Lipinski definition) is 5. The van der Waals surface area contributed by atoms with E-state index in [-0.39, 0.29) is 4.90 Å². The highest BCUT2D eigenvalue weighted by molar-refractivity contribution is 7.89. The lowest BCUT2D eigenvalue weighted by Gasteiger charge is -2.28. The molecule has 0 aromatic heterocycles. The Morgan fingerprint density at radius 3 is 2.62 bits per heavy atom. The molecule has 4 N–H and O–H groups in total. The third-order valence-corrected chi connectivity index (χ3v) is 5.38. The molecule has 2 heterocycles. The average Bonchev–Trinajstić information content (AvgIpc) is 2.75. The lowest BCUT2D eigenvalue weighted by atomic mass is 10.2. The number of hydrogen-bond donors (Lipinski definition) is 2. The van der Waals surface area contributed by atoms with Crippen LogP contribution in [0.3, 0.4) is 0 Å². The SMILES string of the molecule is Nc1cc(S(N)(=O)=O)ccc1N1CCCN2CCCC2C1. The van der Waals surface area contributed by atoms with E-state index in [4.69, 9.17) is 10.9 Å². The maximum Gasteiger partial charge on any atom is 0.238 e. The van der Waals surface area contributed by atoms with Crippen molar-refractivity contribution in [1.82, 2.24) is 4.90 Å². The van der Waals surface area contributed by atoms with Crippen molar-refractivity contribution in [3.05, 3.63) is 18.2 Å². The number of benzene rings is 1. The van der Waals surface area contributed by atoms with Gasteiger partial charge in [-0.15, -0.1) is 0 Å². The minimum absolute atomic E-state index is 0.0704. The molecular weight excluding hydrogens is 288 g/mol. The van der Waals surface area contributed by atoms with Gasteiger partial charge in [0.05, 0.1) is 16.3 Å². The summed E-state index contributed by atoms with van der Waals surface area (Å²) in [6.07, 6.45) is 3.59. The molecule has 1 aromatic carbocycles. The lowest BCUT2D eigenvalue weighted by molar-refractivity contribution is 0.273. The van der Waals surface area contributed by atoms with Crippen molar-refractivity contribution in [2.75, 3.05) is 36.8 Å². The third kappa shape index (κ3) is 3.00. The smallest absolute Gasteiger partial charge is 0.238 e. The summed E-state index contributed by atoms with van der Waals surface area (Å²) >= 11 is 0. The molecule has 1 unspecified atom stereocenters. The van der Waals surface area contributed by atoms with E-state index in [1.54, 1.807) is 12.1 Å². The van der Waals surface area contributed by atoms with Gasteiger partial charge in [0.25, 0.3) is 0 Å². The van der Waals surface area contributed by atoms with Crippen LogP contribution in [0.4, 0.5) is 11.4 Å². The van der Waals surface area contributed by atoms with Crippen LogP contribution in [0.25, 0.3) is 0 Å². The van der Waals surface area contributed by atoms with Crippen molar-refractivity contribution < 1.29 is 8.42 Å². The Morgan fingerprint density at radius 2 is 1.90 bits per heavy atom. The van der Waals surface area contributed by atoms with E-state index in [1.807, 2.05) is 0 Å². The zero-order chi connectivity index (χ0) is 15.0. The topological polar surface area (TPSA) is 92.7 Å². The Hall–Kier alpha value is -1.31. The summed E-state index contributed by atoms with van der Waals surface area (Å²) in [5.41, 5.74) is 7.45. The molecule has 0 saturated carbocycles. The summed E-state index contributed by atoms with van der Waals surface area (Å²) in [6, 6.07) is 5.37. The second kappa shape index (κ2) is 5.47. The molecule has 2 fully saturated rings. The highest BCUT2D eigenvalue weighted by Gasteiger charge is 2.29. The van der Waals surface area contributed by atoms with Crippen molar-refractivity contribution >= 4 is 21.4 Å². The number of nitrogens with zero attached hydrogens (tertiary/aromatic N) is 2. The van der Waals surface area contributed by atoms with Crippen LogP contribution in [0.15, 0.2) is 23.1 Å². The van der Waals surface area contributed by atoms with Gasteiger partial charge in [-0.1, -0.05) is 0 Å². The minimum atomic E-state index is -3.70. The molecule has 2 aliphatic heterocycles. The Balaban J connectivity index is 1.86. The molecule has 1 aromatic rings. The molecule has 1 atom stereocenters. The van der Waals surface area contributed by atoms with Crippen LogP contribution in [0.5, 0.6) is 0 Å².